The zero-order chi connectivity index (χ0) is 23.1. The minimum absolute atomic E-state index is 0.108. The molecular formula is C24H29N3O4S. The van der Waals surface area contributed by atoms with Gasteiger partial charge in [0, 0.05) is 24.9 Å². The van der Waals surface area contributed by atoms with Crippen LogP contribution in [0, 0.1) is 0 Å². The predicted molar refractivity (Wildman–Crippen MR) is 129 cm³/mol. The fourth-order valence-corrected chi connectivity index (χ4v) is 4.07. The van der Waals surface area contributed by atoms with Crippen molar-refractivity contribution in [3.8, 4) is 5.75 Å². The van der Waals surface area contributed by atoms with Crippen LogP contribution in [-0.4, -0.2) is 40.5 Å². The molecule has 2 aromatic carbocycles. The third-order valence-electron chi connectivity index (χ3n) is 4.79. The number of benzene rings is 2. The van der Waals surface area contributed by atoms with Gasteiger partial charge in [-0.1, -0.05) is 30.0 Å². The van der Waals surface area contributed by atoms with Crippen LogP contribution in [0.4, 0.5) is 5.69 Å². The molecule has 7 nitrogen and oxygen atoms in total. The minimum atomic E-state index is -0.465. The van der Waals surface area contributed by atoms with Crippen LogP contribution in [0.25, 0.3) is 10.9 Å². The van der Waals surface area contributed by atoms with Gasteiger partial charge in [-0.05, 0) is 51.5 Å². The molecule has 1 amide bonds. The van der Waals surface area contributed by atoms with E-state index in [-0.39, 0.29) is 17.6 Å². The molecule has 0 aliphatic rings. The van der Waals surface area contributed by atoms with Crippen molar-refractivity contribution in [2.75, 3.05) is 19.0 Å². The summed E-state index contributed by atoms with van der Waals surface area (Å²) in [5.41, 5.74) is 1.16. The molecule has 170 valence electrons. The number of carbonyl (C=O) groups is 1. The van der Waals surface area contributed by atoms with Crippen molar-refractivity contribution < 1.29 is 14.3 Å². The second kappa shape index (κ2) is 11.2. The molecule has 0 aliphatic heterocycles. The second-order valence-electron chi connectivity index (χ2n) is 7.62. The number of hydrogen-bond acceptors (Lipinski definition) is 6. The molecule has 3 rings (SSSR count). The number of nitrogens with one attached hydrogen (secondary N) is 1. The van der Waals surface area contributed by atoms with Gasteiger partial charge in [0.25, 0.3) is 5.56 Å². The number of methoxy groups -OCH3 is 1. The fourth-order valence-electron chi connectivity index (χ4n) is 3.13. The number of para-hydroxylation sites is 1. The van der Waals surface area contributed by atoms with Crippen LogP contribution >= 0.6 is 11.8 Å². The SMILES string of the molecule is COc1cccc(NC(=O)C(C)Sc2nc3ccccc3c(=O)n2CCCOC(C)C)c1. The maximum atomic E-state index is 13.1. The Morgan fingerprint density at radius 1 is 1.16 bits per heavy atom. The largest absolute Gasteiger partial charge is 0.497 e. The summed E-state index contributed by atoms with van der Waals surface area (Å²) in [7, 11) is 1.58. The summed E-state index contributed by atoms with van der Waals surface area (Å²) in [6, 6.07) is 14.5. The number of nitrogens with zero attached hydrogens (tertiary/aromatic N) is 2. The second-order valence-corrected chi connectivity index (χ2v) is 8.93. The average Bonchev–Trinajstić information content (AvgIpc) is 2.78. The van der Waals surface area contributed by atoms with Gasteiger partial charge in [0.2, 0.25) is 5.91 Å². The van der Waals surface area contributed by atoms with Gasteiger partial charge < -0.3 is 14.8 Å². The number of aromatic nitrogens is 2. The van der Waals surface area contributed by atoms with Crippen LogP contribution in [0.3, 0.4) is 0 Å². The molecule has 0 aliphatic carbocycles. The van der Waals surface area contributed by atoms with Crippen LogP contribution in [0.1, 0.15) is 27.2 Å². The Morgan fingerprint density at radius 2 is 1.94 bits per heavy atom. The topological polar surface area (TPSA) is 82.5 Å². The first-order valence-corrected chi connectivity index (χ1v) is 11.5. The first-order chi connectivity index (χ1) is 15.4. The molecule has 1 aromatic heterocycles. The Hall–Kier alpha value is -2.84. The first-order valence-electron chi connectivity index (χ1n) is 10.6. The van der Waals surface area contributed by atoms with Crippen LogP contribution in [0.5, 0.6) is 5.75 Å². The highest BCUT2D eigenvalue weighted by molar-refractivity contribution is 8.00. The monoisotopic (exact) mass is 455 g/mol. The van der Waals surface area contributed by atoms with E-state index in [9.17, 15) is 9.59 Å². The highest BCUT2D eigenvalue weighted by Gasteiger charge is 2.20. The van der Waals surface area contributed by atoms with Gasteiger partial charge >= 0.3 is 0 Å². The van der Waals surface area contributed by atoms with E-state index in [4.69, 9.17) is 14.5 Å². The third-order valence-corrected chi connectivity index (χ3v) is 5.88. The molecule has 0 bridgehead atoms. The number of anilines is 1. The Balaban J connectivity index is 1.81. The Kier molecular flexibility index (Phi) is 8.30. The van der Waals surface area contributed by atoms with Crippen molar-refractivity contribution in [3.63, 3.8) is 0 Å². The van der Waals surface area contributed by atoms with Gasteiger partial charge in [-0.15, -0.1) is 0 Å². The molecule has 1 N–H and O–H groups in total. The van der Waals surface area contributed by atoms with E-state index in [0.717, 1.165) is 0 Å². The predicted octanol–water partition coefficient (Wildman–Crippen LogP) is 4.34. The van der Waals surface area contributed by atoms with E-state index in [1.165, 1.54) is 11.8 Å². The highest BCUT2D eigenvalue weighted by atomic mass is 32.2. The van der Waals surface area contributed by atoms with Crippen LogP contribution < -0.4 is 15.6 Å². The van der Waals surface area contributed by atoms with Crippen molar-refractivity contribution in [1.82, 2.24) is 9.55 Å². The molecule has 8 heteroatoms. The van der Waals surface area contributed by atoms with E-state index >= 15 is 0 Å². The molecule has 0 fully saturated rings. The Bertz CT molecular complexity index is 1130. The summed E-state index contributed by atoms with van der Waals surface area (Å²) < 4.78 is 12.5. The smallest absolute Gasteiger partial charge is 0.262 e. The van der Waals surface area contributed by atoms with Crippen molar-refractivity contribution in [2.24, 2.45) is 0 Å². The summed E-state index contributed by atoms with van der Waals surface area (Å²) in [6.45, 7) is 6.78. The lowest BCUT2D eigenvalue weighted by Crippen LogP contribution is -2.27. The van der Waals surface area contributed by atoms with Crippen molar-refractivity contribution in [3.05, 3.63) is 58.9 Å². The molecule has 0 saturated carbocycles. The van der Waals surface area contributed by atoms with E-state index in [1.807, 2.05) is 44.2 Å². The average molecular weight is 456 g/mol. The van der Waals surface area contributed by atoms with Gasteiger partial charge in [-0.2, -0.15) is 0 Å². The lowest BCUT2D eigenvalue weighted by atomic mass is 10.2. The number of rotatable bonds is 10. The molecule has 1 unspecified atom stereocenters. The van der Waals surface area contributed by atoms with Gasteiger partial charge in [0.15, 0.2) is 5.16 Å². The molecule has 32 heavy (non-hydrogen) atoms. The quantitative estimate of drug-likeness (QED) is 0.278. The molecule has 3 aromatic rings. The van der Waals surface area contributed by atoms with Gasteiger partial charge in [-0.3, -0.25) is 14.2 Å². The lowest BCUT2D eigenvalue weighted by molar-refractivity contribution is -0.115. The maximum Gasteiger partial charge on any atom is 0.262 e. The summed E-state index contributed by atoms with van der Waals surface area (Å²) in [4.78, 5) is 30.6. The zero-order valence-corrected chi connectivity index (χ0v) is 19.6. The molecule has 0 spiro atoms. The van der Waals surface area contributed by atoms with Crippen LogP contribution in [0.15, 0.2) is 58.5 Å². The molecule has 0 saturated heterocycles. The van der Waals surface area contributed by atoms with Crippen molar-refractivity contribution in [2.45, 2.75) is 50.2 Å². The van der Waals surface area contributed by atoms with Crippen LogP contribution in [0.2, 0.25) is 0 Å². The Labute approximate surface area is 192 Å². The number of fused-ring (bicyclic) bond motifs is 1. The zero-order valence-electron chi connectivity index (χ0n) is 18.8. The highest BCUT2D eigenvalue weighted by Crippen LogP contribution is 2.25. The van der Waals surface area contributed by atoms with Gasteiger partial charge in [-0.25, -0.2) is 4.98 Å². The normalized spacial score (nSPS) is 12.2. The number of amides is 1. The van der Waals surface area contributed by atoms with E-state index < -0.39 is 5.25 Å². The summed E-state index contributed by atoms with van der Waals surface area (Å²) in [6.07, 6.45) is 0.811. The molecular weight excluding hydrogens is 426 g/mol. The summed E-state index contributed by atoms with van der Waals surface area (Å²) in [5, 5.41) is 3.52. The minimum Gasteiger partial charge on any atom is -0.497 e. The van der Waals surface area contributed by atoms with E-state index in [2.05, 4.69) is 5.32 Å². The summed E-state index contributed by atoms with van der Waals surface area (Å²) >= 11 is 1.27. The maximum absolute atomic E-state index is 13.1. The van der Waals surface area contributed by atoms with E-state index in [0.29, 0.717) is 47.1 Å². The number of carbonyl (C=O) groups excluding carboxylic acids is 1. The first kappa shape index (κ1) is 23.8. The molecule has 1 atom stereocenters. The molecule has 0 radical (unpaired) electrons. The van der Waals surface area contributed by atoms with Crippen molar-refractivity contribution in [1.29, 1.82) is 0 Å². The number of thioether (sulfide) groups is 1. The number of hydrogen-bond donors (Lipinski definition) is 1. The third kappa shape index (κ3) is 6.11. The van der Waals surface area contributed by atoms with Gasteiger partial charge in [0.1, 0.15) is 5.75 Å². The lowest BCUT2D eigenvalue weighted by Gasteiger charge is -2.17. The summed E-state index contributed by atoms with van der Waals surface area (Å²) in [5.74, 6) is 0.483. The fraction of sp³-hybridized carbons (Fsp3) is 0.375. The Morgan fingerprint density at radius 3 is 2.69 bits per heavy atom. The van der Waals surface area contributed by atoms with Crippen LogP contribution in [-0.2, 0) is 16.1 Å². The van der Waals surface area contributed by atoms with Crippen molar-refractivity contribution >= 4 is 34.3 Å². The van der Waals surface area contributed by atoms with E-state index in [1.54, 1.807) is 36.8 Å². The molecule has 1 heterocycles. The standard InChI is InChI=1S/C24H29N3O4S/c1-16(2)31-14-8-13-27-23(29)20-11-5-6-12-21(20)26-24(27)32-17(3)22(28)25-18-9-7-10-19(15-18)30-4/h5-7,9-12,15-17H,8,13-14H2,1-4H3,(H,25,28). The van der Waals surface area contributed by atoms with Gasteiger partial charge in [0.05, 0.1) is 29.4 Å². The number of ether oxygens (including phenoxy) is 2.